The molecule has 2 aromatic heterocycles. The number of hydrogen-bond acceptors (Lipinski definition) is 6. The van der Waals surface area contributed by atoms with Crippen LogP contribution in [0.5, 0.6) is 5.75 Å². The molecule has 1 saturated heterocycles. The minimum atomic E-state index is -0.127. The number of hydrogen-bond donors (Lipinski definition) is 1. The largest absolute Gasteiger partial charge is 0.497 e. The van der Waals surface area contributed by atoms with E-state index in [0.717, 1.165) is 30.1 Å². The highest BCUT2D eigenvalue weighted by Crippen LogP contribution is 2.19. The number of rotatable bonds is 6. The predicted octanol–water partition coefficient (Wildman–Crippen LogP) is 2.45. The van der Waals surface area contributed by atoms with E-state index in [2.05, 4.69) is 25.3 Å². The predicted molar refractivity (Wildman–Crippen MR) is 106 cm³/mol. The van der Waals surface area contributed by atoms with Crippen LogP contribution in [0, 0.1) is 0 Å². The third kappa shape index (κ3) is 4.11. The smallest absolute Gasteiger partial charge is 0.250 e. The minimum Gasteiger partial charge on any atom is -0.497 e. The maximum absolute atomic E-state index is 12.3. The first-order valence-electron chi connectivity index (χ1n) is 9.26. The Balaban J connectivity index is 1.39. The van der Waals surface area contributed by atoms with Gasteiger partial charge >= 0.3 is 0 Å². The molecule has 1 aromatic carbocycles. The third-order valence-corrected chi connectivity index (χ3v) is 4.67. The Hall–Kier alpha value is -3.42. The number of methoxy groups -OCH3 is 1. The maximum atomic E-state index is 12.3. The van der Waals surface area contributed by atoms with E-state index in [4.69, 9.17) is 4.74 Å². The van der Waals surface area contributed by atoms with Gasteiger partial charge in [0, 0.05) is 13.1 Å². The standard InChI is InChI=1S/C20H22N6O2/c1-28-18-6-4-5-15(9-18)10-19(27)24-16-11-23-26(14-16)20-21-12-17(13-22-20)25-7-2-3-8-25/h4-6,9,11-14H,2-3,7-8,10H2,1H3,(H,24,27). The van der Waals surface area contributed by atoms with Crippen LogP contribution in [0.25, 0.3) is 5.95 Å². The molecule has 0 spiro atoms. The van der Waals surface area contributed by atoms with E-state index in [1.807, 2.05) is 36.7 Å². The van der Waals surface area contributed by atoms with Crippen LogP contribution in [0.3, 0.4) is 0 Å². The van der Waals surface area contributed by atoms with E-state index in [1.165, 1.54) is 12.8 Å². The SMILES string of the molecule is COc1cccc(CC(=O)Nc2cnn(-c3ncc(N4CCCC4)cn3)c2)c1. The fourth-order valence-corrected chi connectivity index (χ4v) is 3.24. The lowest BCUT2D eigenvalue weighted by molar-refractivity contribution is -0.115. The number of aromatic nitrogens is 4. The molecule has 0 atom stereocenters. The van der Waals surface area contributed by atoms with Gasteiger partial charge in [-0.25, -0.2) is 14.6 Å². The molecule has 1 amide bonds. The van der Waals surface area contributed by atoms with Crippen LogP contribution >= 0.6 is 0 Å². The highest BCUT2D eigenvalue weighted by atomic mass is 16.5. The van der Waals surface area contributed by atoms with Crippen molar-refractivity contribution in [1.29, 1.82) is 0 Å². The van der Waals surface area contributed by atoms with Crippen LogP contribution < -0.4 is 15.0 Å². The highest BCUT2D eigenvalue weighted by molar-refractivity contribution is 5.92. The van der Waals surface area contributed by atoms with Crippen LogP contribution in [0.15, 0.2) is 49.1 Å². The molecule has 8 nitrogen and oxygen atoms in total. The lowest BCUT2D eigenvalue weighted by atomic mass is 10.1. The number of carbonyl (C=O) groups excluding carboxylic acids is 1. The lowest BCUT2D eigenvalue weighted by Gasteiger charge is -2.16. The lowest BCUT2D eigenvalue weighted by Crippen LogP contribution is -2.18. The molecule has 28 heavy (non-hydrogen) atoms. The molecule has 144 valence electrons. The number of nitrogens with zero attached hydrogens (tertiary/aromatic N) is 5. The van der Waals surface area contributed by atoms with Crippen LogP contribution in [0.4, 0.5) is 11.4 Å². The van der Waals surface area contributed by atoms with E-state index >= 15 is 0 Å². The molecule has 0 bridgehead atoms. The topological polar surface area (TPSA) is 85.2 Å². The molecule has 0 saturated carbocycles. The van der Waals surface area contributed by atoms with Crippen molar-refractivity contribution in [2.24, 2.45) is 0 Å². The van der Waals surface area contributed by atoms with E-state index < -0.39 is 0 Å². The maximum Gasteiger partial charge on any atom is 0.250 e. The Morgan fingerprint density at radius 2 is 1.96 bits per heavy atom. The number of carbonyl (C=O) groups is 1. The quantitative estimate of drug-likeness (QED) is 0.709. The Labute approximate surface area is 163 Å². The van der Waals surface area contributed by atoms with Gasteiger partial charge < -0.3 is 15.0 Å². The van der Waals surface area contributed by atoms with Gasteiger partial charge in [0.25, 0.3) is 5.95 Å². The van der Waals surface area contributed by atoms with Gasteiger partial charge in [0.05, 0.1) is 49.7 Å². The van der Waals surface area contributed by atoms with Gasteiger partial charge in [0.1, 0.15) is 5.75 Å². The van der Waals surface area contributed by atoms with Gasteiger partial charge in [-0.2, -0.15) is 5.10 Å². The summed E-state index contributed by atoms with van der Waals surface area (Å²) in [4.78, 5) is 23.4. The number of benzene rings is 1. The Kier molecular flexibility index (Phi) is 5.18. The normalized spacial score (nSPS) is 13.5. The molecule has 4 rings (SSSR count). The fourth-order valence-electron chi connectivity index (χ4n) is 3.24. The zero-order valence-corrected chi connectivity index (χ0v) is 15.7. The van der Waals surface area contributed by atoms with Gasteiger partial charge in [-0.1, -0.05) is 12.1 Å². The molecular formula is C20H22N6O2. The first kappa shape index (κ1) is 18.0. The monoisotopic (exact) mass is 378 g/mol. The Bertz CT molecular complexity index is 947. The molecule has 0 aliphatic carbocycles. The van der Waals surface area contributed by atoms with Crippen molar-refractivity contribution in [3.63, 3.8) is 0 Å². The Morgan fingerprint density at radius 1 is 1.18 bits per heavy atom. The summed E-state index contributed by atoms with van der Waals surface area (Å²) in [5.41, 5.74) is 2.51. The van der Waals surface area contributed by atoms with Crippen molar-refractivity contribution in [1.82, 2.24) is 19.7 Å². The van der Waals surface area contributed by atoms with Crippen molar-refractivity contribution in [2.45, 2.75) is 19.3 Å². The van der Waals surface area contributed by atoms with Crippen molar-refractivity contribution >= 4 is 17.3 Å². The number of amides is 1. The summed E-state index contributed by atoms with van der Waals surface area (Å²) in [5, 5.41) is 7.09. The molecule has 0 unspecified atom stereocenters. The summed E-state index contributed by atoms with van der Waals surface area (Å²) in [6.45, 7) is 2.10. The second-order valence-electron chi connectivity index (χ2n) is 6.69. The molecule has 0 radical (unpaired) electrons. The highest BCUT2D eigenvalue weighted by Gasteiger charge is 2.14. The van der Waals surface area contributed by atoms with Crippen molar-refractivity contribution < 1.29 is 9.53 Å². The van der Waals surface area contributed by atoms with Crippen LogP contribution in [-0.4, -0.2) is 45.9 Å². The molecule has 3 aromatic rings. The molecule has 1 aliphatic heterocycles. The van der Waals surface area contributed by atoms with Gasteiger partial charge in [0.15, 0.2) is 0 Å². The first-order chi connectivity index (χ1) is 13.7. The second kappa shape index (κ2) is 8.08. The summed E-state index contributed by atoms with van der Waals surface area (Å²) >= 11 is 0. The van der Waals surface area contributed by atoms with E-state index in [9.17, 15) is 4.79 Å². The van der Waals surface area contributed by atoms with Crippen LogP contribution in [0.1, 0.15) is 18.4 Å². The minimum absolute atomic E-state index is 0.127. The van der Waals surface area contributed by atoms with E-state index in [0.29, 0.717) is 11.6 Å². The van der Waals surface area contributed by atoms with Gasteiger partial charge in [-0.3, -0.25) is 4.79 Å². The van der Waals surface area contributed by atoms with Crippen molar-refractivity contribution in [3.8, 4) is 11.7 Å². The average Bonchev–Trinajstić information content (AvgIpc) is 3.40. The summed E-state index contributed by atoms with van der Waals surface area (Å²) in [6, 6.07) is 7.45. The van der Waals surface area contributed by atoms with Crippen LogP contribution in [-0.2, 0) is 11.2 Å². The summed E-state index contributed by atoms with van der Waals surface area (Å²) < 4.78 is 6.74. The summed E-state index contributed by atoms with van der Waals surface area (Å²) in [7, 11) is 1.60. The molecule has 1 aliphatic rings. The van der Waals surface area contributed by atoms with Crippen molar-refractivity contribution in [2.75, 3.05) is 30.4 Å². The zero-order chi connectivity index (χ0) is 19.3. The summed E-state index contributed by atoms with van der Waals surface area (Å²) in [6.07, 6.45) is 9.59. The summed E-state index contributed by atoms with van der Waals surface area (Å²) in [5.74, 6) is 1.07. The van der Waals surface area contributed by atoms with Gasteiger partial charge in [0.2, 0.25) is 5.91 Å². The molecular weight excluding hydrogens is 356 g/mol. The van der Waals surface area contributed by atoms with Gasteiger partial charge in [-0.15, -0.1) is 0 Å². The van der Waals surface area contributed by atoms with Crippen molar-refractivity contribution in [3.05, 3.63) is 54.6 Å². The number of anilines is 2. The molecule has 1 fully saturated rings. The second-order valence-corrected chi connectivity index (χ2v) is 6.69. The number of ether oxygens (including phenoxy) is 1. The molecule has 3 heterocycles. The van der Waals surface area contributed by atoms with Crippen LogP contribution in [0.2, 0.25) is 0 Å². The number of nitrogens with one attached hydrogen (secondary N) is 1. The first-order valence-corrected chi connectivity index (χ1v) is 9.26. The zero-order valence-electron chi connectivity index (χ0n) is 15.7. The average molecular weight is 378 g/mol. The van der Waals surface area contributed by atoms with E-state index in [1.54, 1.807) is 24.2 Å². The third-order valence-electron chi connectivity index (χ3n) is 4.67. The van der Waals surface area contributed by atoms with Gasteiger partial charge in [-0.05, 0) is 30.5 Å². The van der Waals surface area contributed by atoms with E-state index in [-0.39, 0.29) is 12.3 Å². The Morgan fingerprint density at radius 3 is 2.71 bits per heavy atom. The molecule has 8 heteroatoms. The molecule has 1 N–H and O–H groups in total. The fraction of sp³-hybridized carbons (Fsp3) is 0.300.